The number of alkyl halides is 3. The molecule has 0 spiro atoms. The highest BCUT2D eigenvalue weighted by Crippen LogP contribution is 2.26. The number of ether oxygens (including phenoxy) is 1. The molecule has 0 aliphatic heterocycles. The molecule has 19 heavy (non-hydrogen) atoms. The Labute approximate surface area is 108 Å². The maximum Gasteiger partial charge on any atom is 0.573 e. The second kappa shape index (κ2) is 5.50. The smallest absolute Gasteiger partial charge is 0.406 e. The summed E-state index contributed by atoms with van der Waals surface area (Å²) in [5.74, 6) is -0.142. The first-order valence-electron chi connectivity index (χ1n) is 6.06. The number of benzene rings is 1. The molecule has 1 N–H and O–H groups in total. The van der Waals surface area contributed by atoms with Crippen molar-refractivity contribution in [2.24, 2.45) is 5.92 Å². The Morgan fingerprint density at radius 2 is 1.89 bits per heavy atom. The molecule has 104 valence electrons. The van der Waals surface area contributed by atoms with Gasteiger partial charge < -0.3 is 10.1 Å². The lowest BCUT2D eigenvalue weighted by molar-refractivity contribution is -0.274. The standard InChI is InChI=1S/C13H14F3NO2/c14-13(15,16)19-11-6-4-9(5-7-11)8-17-12(18)10-2-1-3-10/h4-7,10H,1-3,8H2,(H,17,18). The van der Waals surface area contributed by atoms with Gasteiger partial charge >= 0.3 is 6.36 Å². The van der Waals surface area contributed by atoms with Crippen molar-refractivity contribution in [1.82, 2.24) is 5.32 Å². The van der Waals surface area contributed by atoms with Crippen molar-refractivity contribution in [3.8, 4) is 5.75 Å². The number of hydrogen-bond acceptors (Lipinski definition) is 2. The minimum absolute atomic E-state index is 0.0156. The summed E-state index contributed by atoms with van der Waals surface area (Å²) in [7, 11) is 0. The van der Waals surface area contributed by atoms with Gasteiger partial charge in [0, 0.05) is 12.5 Å². The van der Waals surface area contributed by atoms with Crippen molar-refractivity contribution < 1.29 is 22.7 Å². The molecule has 0 aromatic heterocycles. The summed E-state index contributed by atoms with van der Waals surface area (Å²) in [5.41, 5.74) is 0.738. The van der Waals surface area contributed by atoms with E-state index in [0.29, 0.717) is 6.54 Å². The maximum atomic E-state index is 12.0. The molecule has 1 aliphatic rings. The lowest BCUT2D eigenvalue weighted by Crippen LogP contribution is -2.33. The van der Waals surface area contributed by atoms with Crippen LogP contribution in [0.3, 0.4) is 0 Å². The Bertz CT molecular complexity index is 438. The SMILES string of the molecule is O=C(NCc1ccc(OC(F)(F)F)cc1)C1CCC1. The van der Waals surface area contributed by atoms with E-state index in [-0.39, 0.29) is 17.6 Å². The minimum atomic E-state index is -4.68. The van der Waals surface area contributed by atoms with Gasteiger partial charge in [-0.25, -0.2) is 0 Å². The van der Waals surface area contributed by atoms with Gasteiger partial charge in [0.05, 0.1) is 0 Å². The van der Waals surface area contributed by atoms with Crippen LogP contribution in [0.5, 0.6) is 5.75 Å². The van der Waals surface area contributed by atoms with Gasteiger partial charge in [-0.2, -0.15) is 0 Å². The van der Waals surface area contributed by atoms with Crippen LogP contribution in [0.25, 0.3) is 0 Å². The first-order chi connectivity index (χ1) is 8.94. The third-order valence-electron chi connectivity index (χ3n) is 3.10. The molecule has 0 radical (unpaired) electrons. The van der Waals surface area contributed by atoms with Gasteiger partial charge in [0.2, 0.25) is 5.91 Å². The molecule has 0 bridgehead atoms. The largest absolute Gasteiger partial charge is 0.573 e. The quantitative estimate of drug-likeness (QED) is 0.915. The van der Waals surface area contributed by atoms with Gasteiger partial charge in [-0.15, -0.1) is 13.2 Å². The molecule has 1 aromatic carbocycles. The van der Waals surface area contributed by atoms with Gasteiger partial charge in [0.1, 0.15) is 5.75 Å². The summed E-state index contributed by atoms with van der Waals surface area (Å²) >= 11 is 0. The van der Waals surface area contributed by atoms with E-state index in [1.54, 1.807) is 0 Å². The molecular formula is C13H14F3NO2. The van der Waals surface area contributed by atoms with E-state index in [0.717, 1.165) is 24.8 Å². The van der Waals surface area contributed by atoms with Crippen LogP contribution in [0.2, 0.25) is 0 Å². The maximum absolute atomic E-state index is 12.0. The third kappa shape index (κ3) is 4.15. The van der Waals surface area contributed by atoms with Crippen molar-refractivity contribution in [2.45, 2.75) is 32.2 Å². The predicted octanol–water partition coefficient (Wildman–Crippen LogP) is 3.00. The van der Waals surface area contributed by atoms with Gasteiger partial charge in [0.15, 0.2) is 0 Å². The van der Waals surface area contributed by atoms with Crippen LogP contribution in [0.4, 0.5) is 13.2 Å². The molecule has 1 aliphatic carbocycles. The highest BCUT2D eigenvalue weighted by molar-refractivity contribution is 5.79. The molecule has 1 amide bonds. The van der Waals surface area contributed by atoms with Crippen LogP contribution in [0.15, 0.2) is 24.3 Å². The molecule has 1 fully saturated rings. The zero-order chi connectivity index (χ0) is 13.9. The molecule has 0 saturated heterocycles. The molecule has 3 nitrogen and oxygen atoms in total. The Hall–Kier alpha value is -1.72. The van der Waals surface area contributed by atoms with Crippen molar-refractivity contribution in [3.05, 3.63) is 29.8 Å². The molecule has 1 saturated carbocycles. The van der Waals surface area contributed by atoms with Crippen LogP contribution in [-0.4, -0.2) is 12.3 Å². The van der Waals surface area contributed by atoms with Gasteiger partial charge in [-0.3, -0.25) is 4.79 Å². The second-order valence-electron chi connectivity index (χ2n) is 4.54. The van der Waals surface area contributed by atoms with Gasteiger partial charge in [0.25, 0.3) is 0 Å². The third-order valence-corrected chi connectivity index (χ3v) is 3.10. The summed E-state index contributed by atoms with van der Waals surface area (Å²) in [4.78, 5) is 11.6. The number of carbonyl (C=O) groups excluding carboxylic acids is 1. The average molecular weight is 273 g/mol. The first kappa shape index (κ1) is 13.7. The second-order valence-corrected chi connectivity index (χ2v) is 4.54. The monoisotopic (exact) mass is 273 g/mol. The predicted molar refractivity (Wildman–Crippen MR) is 62.3 cm³/mol. The minimum Gasteiger partial charge on any atom is -0.406 e. The Morgan fingerprint density at radius 1 is 1.26 bits per heavy atom. The summed E-state index contributed by atoms with van der Waals surface area (Å²) in [6, 6.07) is 5.47. The van der Waals surface area contributed by atoms with Crippen LogP contribution < -0.4 is 10.1 Å². The fraction of sp³-hybridized carbons (Fsp3) is 0.462. The van der Waals surface area contributed by atoms with Crippen molar-refractivity contribution in [2.75, 3.05) is 0 Å². The number of hydrogen-bond donors (Lipinski definition) is 1. The Balaban J connectivity index is 1.83. The van der Waals surface area contributed by atoms with E-state index in [2.05, 4.69) is 10.1 Å². The summed E-state index contributed by atoms with van der Waals surface area (Å²) in [6.07, 6.45) is -1.75. The van der Waals surface area contributed by atoms with Gasteiger partial charge in [-0.05, 0) is 30.5 Å². The van der Waals surface area contributed by atoms with Crippen LogP contribution in [-0.2, 0) is 11.3 Å². The zero-order valence-electron chi connectivity index (χ0n) is 10.2. The number of nitrogens with one attached hydrogen (secondary N) is 1. The Kier molecular flexibility index (Phi) is 3.97. The highest BCUT2D eigenvalue weighted by atomic mass is 19.4. The fourth-order valence-electron chi connectivity index (χ4n) is 1.81. The molecule has 0 unspecified atom stereocenters. The van der Waals surface area contributed by atoms with E-state index in [9.17, 15) is 18.0 Å². The molecule has 0 atom stereocenters. The number of amides is 1. The molecule has 6 heteroatoms. The Morgan fingerprint density at radius 3 is 2.37 bits per heavy atom. The van der Waals surface area contributed by atoms with Crippen LogP contribution in [0, 0.1) is 5.92 Å². The fourth-order valence-corrected chi connectivity index (χ4v) is 1.81. The van der Waals surface area contributed by atoms with Crippen LogP contribution >= 0.6 is 0 Å². The zero-order valence-corrected chi connectivity index (χ0v) is 10.2. The summed E-state index contributed by atoms with van der Waals surface area (Å²) in [6.45, 7) is 0.321. The van der Waals surface area contributed by atoms with E-state index >= 15 is 0 Å². The summed E-state index contributed by atoms with van der Waals surface area (Å²) < 4.78 is 39.6. The topological polar surface area (TPSA) is 38.3 Å². The normalized spacial score (nSPS) is 15.7. The van der Waals surface area contributed by atoms with E-state index < -0.39 is 6.36 Å². The first-order valence-corrected chi connectivity index (χ1v) is 6.06. The molecular weight excluding hydrogens is 259 g/mol. The van der Waals surface area contributed by atoms with Crippen LogP contribution in [0.1, 0.15) is 24.8 Å². The van der Waals surface area contributed by atoms with Gasteiger partial charge in [-0.1, -0.05) is 18.6 Å². The van der Waals surface area contributed by atoms with E-state index in [1.807, 2.05) is 0 Å². The van der Waals surface area contributed by atoms with E-state index in [4.69, 9.17) is 0 Å². The summed E-state index contributed by atoms with van der Waals surface area (Å²) in [5, 5.41) is 2.77. The number of rotatable bonds is 4. The van der Waals surface area contributed by atoms with E-state index in [1.165, 1.54) is 24.3 Å². The van der Waals surface area contributed by atoms with Crippen molar-refractivity contribution in [3.63, 3.8) is 0 Å². The lowest BCUT2D eigenvalue weighted by Gasteiger charge is -2.24. The number of halogens is 3. The van der Waals surface area contributed by atoms with Crippen molar-refractivity contribution in [1.29, 1.82) is 0 Å². The molecule has 0 heterocycles. The average Bonchev–Trinajstić information content (AvgIpc) is 2.23. The molecule has 1 aromatic rings. The molecule has 2 rings (SSSR count). The highest BCUT2D eigenvalue weighted by Gasteiger charge is 2.31. The number of carbonyl (C=O) groups is 1. The lowest BCUT2D eigenvalue weighted by atomic mass is 9.85. The van der Waals surface area contributed by atoms with Crippen molar-refractivity contribution >= 4 is 5.91 Å².